The summed E-state index contributed by atoms with van der Waals surface area (Å²) in [6.07, 6.45) is 3.54. The number of carboxylic acid groups (broad SMARTS) is 1. The number of nitrogens with zero attached hydrogens (tertiary/aromatic N) is 2. The molecule has 1 saturated carbocycles. The van der Waals surface area contributed by atoms with Crippen molar-refractivity contribution in [3.05, 3.63) is 0 Å². The Morgan fingerprint density at radius 1 is 1.37 bits per heavy atom. The van der Waals surface area contributed by atoms with E-state index in [0.717, 1.165) is 32.4 Å². The van der Waals surface area contributed by atoms with Crippen LogP contribution in [0.15, 0.2) is 0 Å². The van der Waals surface area contributed by atoms with Crippen LogP contribution < -0.4 is 5.32 Å². The molecule has 0 radical (unpaired) electrons. The maximum atomic E-state index is 11.6. The van der Waals surface area contributed by atoms with Crippen molar-refractivity contribution in [2.24, 2.45) is 0 Å². The molecule has 2 atom stereocenters. The predicted octanol–water partition coefficient (Wildman–Crippen LogP) is 0.855. The Morgan fingerprint density at radius 2 is 2.05 bits per heavy atom. The van der Waals surface area contributed by atoms with Crippen LogP contribution in [0.5, 0.6) is 0 Å². The topological polar surface area (TPSA) is 55.8 Å². The van der Waals surface area contributed by atoms with Gasteiger partial charge in [0.05, 0.1) is 0 Å². The van der Waals surface area contributed by atoms with E-state index in [-0.39, 0.29) is 0 Å². The summed E-state index contributed by atoms with van der Waals surface area (Å²) in [5.74, 6) is -0.694. The number of nitrogens with one attached hydrogen (secondary N) is 1. The van der Waals surface area contributed by atoms with Crippen LogP contribution in [-0.2, 0) is 4.79 Å². The van der Waals surface area contributed by atoms with Gasteiger partial charge in [-0.2, -0.15) is 0 Å². The van der Waals surface area contributed by atoms with Gasteiger partial charge in [-0.15, -0.1) is 0 Å². The highest BCUT2D eigenvalue weighted by Crippen LogP contribution is 2.31. The van der Waals surface area contributed by atoms with Gasteiger partial charge in [-0.05, 0) is 53.4 Å². The lowest BCUT2D eigenvalue weighted by atomic mass is 9.78. The molecule has 1 aliphatic rings. The first-order valence-electron chi connectivity index (χ1n) is 7.24. The molecule has 2 unspecified atom stereocenters. The van der Waals surface area contributed by atoms with Gasteiger partial charge in [0.2, 0.25) is 0 Å². The van der Waals surface area contributed by atoms with Crippen LogP contribution in [0.25, 0.3) is 0 Å². The second kappa shape index (κ2) is 7.22. The molecule has 5 heteroatoms. The van der Waals surface area contributed by atoms with E-state index < -0.39 is 11.5 Å². The van der Waals surface area contributed by atoms with Gasteiger partial charge in [0.1, 0.15) is 5.54 Å². The van der Waals surface area contributed by atoms with Crippen molar-refractivity contribution in [3.8, 4) is 0 Å². The van der Waals surface area contributed by atoms with Crippen LogP contribution in [0.3, 0.4) is 0 Å². The van der Waals surface area contributed by atoms with Crippen molar-refractivity contribution in [1.29, 1.82) is 0 Å². The van der Waals surface area contributed by atoms with Gasteiger partial charge in [-0.3, -0.25) is 4.79 Å². The summed E-state index contributed by atoms with van der Waals surface area (Å²) in [6, 6.07) is 0.365. The standard InChI is InChI=1S/C14H29N3O2/c1-5-15-14(13(18)19)8-6-7-12(11-14)17(4)10-9-16(2)3/h12,15H,5-11H2,1-4H3,(H,18,19). The number of rotatable bonds is 7. The van der Waals surface area contributed by atoms with E-state index in [4.69, 9.17) is 0 Å². The third kappa shape index (κ3) is 4.44. The zero-order valence-electron chi connectivity index (χ0n) is 12.8. The molecule has 2 N–H and O–H groups in total. The fraction of sp³-hybridized carbons (Fsp3) is 0.929. The summed E-state index contributed by atoms with van der Waals surface area (Å²) < 4.78 is 0. The molecule has 0 aliphatic heterocycles. The lowest BCUT2D eigenvalue weighted by Crippen LogP contribution is -2.58. The number of likely N-dealkylation sites (N-methyl/N-ethyl adjacent to an activating group) is 3. The number of carbonyl (C=O) groups is 1. The molecule has 0 saturated heterocycles. The molecule has 0 aromatic carbocycles. The van der Waals surface area contributed by atoms with E-state index in [1.807, 2.05) is 6.92 Å². The summed E-state index contributed by atoms with van der Waals surface area (Å²) in [4.78, 5) is 16.1. The van der Waals surface area contributed by atoms with Gasteiger partial charge in [0, 0.05) is 19.1 Å². The Morgan fingerprint density at radius 3 is 2.58 bits per heavy atom. The molecule has 1 fully saturated rings. The molecule has 0 heterocycles. The van der Waals surface area contributed by atoms with Gasteiger partial charge < -0.3 is 20.2 Å². The lowest BCUT2D eigenvalue weighted by Gasteiger charge is -2.41. The van der Waals surface area contributed by atoms with Crippen molar-refractivity contribution in [3.63, 3.8) is 0 Å². The number of hydrogen-bond acceptors (Lipinski definition) is 4. The minimum atomic E-state index is -0.718. The van der Waals surface area contributed by atoms with Crippen molar-refractivity contribution < 1.29 is 9.90 Å². The fourth-order valence-corrected chi connectivity index (χ4v) is 2.93. The monoisotopic (exact) mass is 271 g/mol. The van der Waals surface area contributed by atoms with Crippen LogP contribution in [0.4, 0.5) is 0 Å². The van der Waals surface area contributed by atoms with Crippen LogP contribution in [-0.4, -0.2) is 73.2 Å². The van der Waals surface area contributed by atoms with Gasteiger partial charge in [0.15, 0.2) is 0 Å². The second-order valence-electron chi connectivity index (χ2n) is 5.95. The molecule has 19 heavy (non-hydrogen) atoms. The summed E-state index contributed by atoms with van der Waals surface area (Å²) in [5.41, 5.74) is -0.718. The second-order valence-corrected chi connectivity index (χ2v) is 5.95. The molecular weight excluding hydrogens is 242 g/mol. The van der Waals surface area contributed by atoms with E-state index >= 15 is 0 Å². The Kier molecular flexibility index (Phi) is 6.23. The quantitative estimate of drug-likeness (QED) is 0.719. The molecule has 0 amide bonds. The van der Waals surface area contributed by atoms with Crippen molar-refractivity contribution in [2.75, 3.05) is 40.8 Å². The molecule has 1 rings (SSSR count). The minimum Gasteiger partial charge on any atom is -0.480 e. The number of aliphatic carboxylic acids is 1. The highest BCUT2D eigenvalue weighted by molar-refractivity contribution is 5.79. The minimum absolute atomic E-state index is 0.365. The molecule has 0 bridgehead atoms. The normalized spacial score (nSPS) is 28.0. The zero-order chi connectivity index (χ0) is 14.5. The van der Waals surface area contributed by atoms with Crippen molar-refractivity contribution in [1.82, 2.24) is 15.1 Å². The molecule has 112 valence electrons. The summed E-state index contributed by atoms with van der Waals surface area (Å²) >= 11 is 0. The van der Waals surface area contributed by atoms with Gasteiger partial charge in [-0.25, -0.2) is 0 Å². The van der Waals surface area contributed by atoms with E-state index in [2.05, 4.69) is 36.3 Å². The fourth-order valence-electron chi connectivity index (χ4n) is 2.93. The van der Waals surface area contributed by atoms with E-state index in [1.54, 1.807) is 0 Å². The third-order valence-electron chi connectivity index (χ3n) is 4.17. The predicted molar refractivity (Wildman–Crippen MR) is 77.5 cm³/mol. The Hall–Kier alpha value is -0.650. The van der Waals surface area contributed by atoms with E-state index in [9.17, 15) is 9.90 Å². The molecule has 5 nitrogen and oxygen atoms in total. The average molecular weight is 271 g/mol. The van der Waals surface area contributed by atoms with Gasteiger partial charge >= 0.3 is 5.97 Å². The Bertz CT molecular complexity index is 292. The van der Waals surface area contributed by atoms with Crippen molar-refractivity contribution >= 4 is 5.97 Å². The SMILES string of the molecule is CCNC1(C(=O)O)CCCC(N(C)CCN(C)C)C1. The first-order valence-corrected chi connectivity index (χ1v) is 7.24. The molecule has 0 aromatic heterocycles. The summed E-state index contributed by atoms with van der Waals surface area (Å²) in [7, 11) is 6.24. The maximum Gasteiger partial charge on any atom is 0.323 e. The van der Waals surface area contributed by atoms with Crippen LogP contribution in [0.1, 0.15) is 32.6 Å². The van der Waals surface area contributed by atoms with Gasteiger partial charge in [-0.1, -0.05) is 6.92 Å². The first-order chi connectivity index (χ1) is 8.91. The van der Waals surface area contributed by atoms with Gasteiger partial charge in [0.25, 0.3) is 0 Å². The van der Waals surface area contributed by atoms with E-state index in [1.165, 1.54) is 0 Å². The number of carboxylic acids is 1. The average Bonchev–Trinajstić information content (AvgIpc) is 2.36. The molecule has 0 spiro atoms. The maximum absolute atomic E-state index is 11.6. The van der Waals surface area contributed by atoms with Crippen LogP contribution in [0, 0.1) is 0 Å². The van der Waals surface area contributed by atoms with Crippen LogP contribution >= 0.6 is 0 Å². The smallest absolute Gasteiger partial charge is 0.323 e. The Balaban J connectivity index is 2.63. The van der Waals surface area contributed by atoms with Crippen LogP contribution in [0.2, 0.25) is 0 Å². The zero-order valence-corrected chi connectivity index (χ0v) is 12.8. The molecule has 1 aliphatic carbocycles. The molecule has 0 aromatic rings. The first kappa shape index (κ1) is 16.4. The summed E-state index contributed by atoms with van der Waals surface area (Å²) in [6.45, 7) is 4.68. The summed E-state index contributed by atoms with van der Waals surface area (Å²) in [5, 5.41) is 12.8. The lowest BCUT2D eigenvalue weighted by molar-refractivity contribution is -0.147. The highest BCUT2D eigenvalue weighted by Gasteiger charge is 2.43. The third-order valence-corrected chi connectivity index (χ3v) is 4.17. The Labute approximate surface area is 117 Å². The van der Waals surface area contributed by atoms with Crippen molar-refractivity contribution in [2.45, 2.75) is 44.2 Å². The van der Waals surface area contributed by atoms with E-state index in [0.29, 0.717) is 19.0 Å². The largest absolute Gasteiger partial charge is 0.480 e. The number of hydrogen-bond donors (Lipinski definition) is 2. The highest BCUT2D eigenvalue weighted by atomic mass is 16.4. The molecular formula is C14H29N3O2.